The summed E-state index contributed by atoms with van der Waals surface area (Å²) in [4.78, 5) is 0. The summed E-state index contributed by atoms with van der Waals surface area (Å²) in [6.07, 6.45) is 18.2. The minimum Gasteiger partial charge on any atom is -0.237 e. The zero-order valence-corrected chi connectivity index (χ0v) is 10.1. The van der Waals surface area contributed by atoms with E-state index in [1.165, 1.54) is 32.1 Å². The van der Waals surface area contributed by atoms with Crippen molar-refractivity contribution in [3.63, 3.8) is 0 Å². The Morgan fingerprint density at radius 3 is 2.13 bits per heavy atom. The second kappa shape index (κ2) is 13.4. The third-order valence-corrected chi connectivity index (χ3v) is 2.44. The van der Waals surface area contributed by atoms with Crippen molar-refractivity contribution in [3.8, 4) is 0 Å². The molecule has 1 heteroatoms. The van der Waals surface area contributed by atoms with E-state index in [2.05, 4.69) is 31.2 Å². The highest BCUT2D eigenvalue weighted by Crippen LogP contribution is 2.07. The van der Waals surface area contributed by atoms with Gasteiger partial charge < -0.3 is 0 Å². The summed E-state index contributed by atoms with van der Waals surface area (Å²) < 4.78 is 0. The summed E-state index contributed by atoms with van der Waals surface area (Å²) in [6.45, 7) is 2.16. The summed E-state index contributed by atoms with van der Waals surface area (Å²) in [5, 5.41) is 10.2. The fourth-order valence-corrected chi connectivity index (χ4v) is 1.50. The molecule has 0 spiro atoms. The van der Waals surface area contributed by atoms with Crippen LogP contribution in [0.25, 0.3) is 0 Å². The van der Waals surface area contributed by atoms with Gasteiger partial charge in [-0.1, -0.05) is 50.0 Å². The Kier molecular flexibility index (Phi) is 12.9. The van der Waals surface area contributed by atoms with E-state index >= 15 is 0 Å². The molecule has 0 aliphatic carbocycles. The van der Waals surface area contributed by atoms with Crippen molar-refractivity contribution in [2.45, 2.75) is 58.3 Å². The van der Waals surface area contributed by atoms with Gasteiger partial charge in [0, 0.05) is 0 Å². The molecule has 15 heavy (non-hydrogen) atoms. The molecule has 1 nitrogen and oxygen atoms in total. The molecule has 0 saturated heterocycles. The van der Waals surface area contributed by atoms with Crippen molar-refractivity contribution < 1.29 is 5.11 Å². The number of allylic oxidation sites excluding steroid dienone is 4. The van der Waals surface area contributed by atoms with E-state index in [1.807, 2.05) is 0 Å². The maximum absolute atomic E-state index is 10.2. The first-order chi connectivity index (χ1) is 7.41. The Labute approximate surface area is 94.9 Å². The van der Waals surface area contributed by atoms with Crippen LogP contribution in [0.3, 0.4) is 0 Å². The smallest absolute Gasteiger partial charge is 0.0822 e. The molecule has 0 aliphatic rings. The first kappa shape index (κ1) is 14.4. The van der Waals surface area contributed by atoms with E-state index in [9.17, 15) is 5.11 Å². The molecule has 0 amide bonds. The maximum atomic E-state index is 10.2. The summed E-state index contributed by atoms with van der Waals surface area (Å²) in [7, 11) is 0. The Morgan fingerprint density at radius 1 is 0.800 bits per heavy atom. The predicted octanol–water partition coefficient (Wildman–Crippen LogP) is 4.67. The SMILES string of the molecule is CC=CCC=CCCCCCCCC[O]. The second-order valence-corrected chi connectivity index (χ2v) is 3.89. The Morgan fingerprint density at radius 2 is 1.47 bits per heavy atom. The van der Waals surface area contributed by atoms with Crippen LogP contribution < -0.4 is 0 Å². The molecule has 0 fully saturated rings. The highest BCUT2D eigenvalue weighted by atomic mass is 16.2. The van der Waals surface area contributed by atoms with Crippen LogP contribution in [0, 0.1) is 0 Å². The van der Waals surface area contributed by atoms with Crippen LogP contribution in [0.2, 0.25) is 0 Å². The third-order valence-electron chi connectivity index (χ3n) is 2.44. The standard InChI is InChI=1S/C14H25O/c1-2-3-4-5-6-7-8-9-10-11-12-13-14-15/h2-3,5-6H,4,7-14H2,1H3. The van der Waals surface area contributed by atoms with E-state index in [4.69, 9.17) is 0 Å². The molecule has 0 aromatic rings. The van der Waals surface area contributed by atoms with Crippen molar-refractivity contribution >= 4 is 0 Å². The lowest BCUT2D eigenvalue weighted by atomic mass is 10.1. The van der Waals surface area contributed by atoms with Gasteiger partial charge in [0.1, 0.15) is 0 Å². The second-order valence-electron chi connectivity index (χ2n) is 3.89. The van der Waals surface area contributed by atoms with Gasteiger partial charge >= 0.3 is 0 Å². The molecule has 0 aromatic heterocycles. The van der Waals surface area contributed by atoms with E-state index in [1.54, 1.807) is 0 Å². The highest BCUT2D eigenvalue weighted by molar-refractivity contribution is 4.91. The predicted molar refractivity (Wildman–Crippen MR) is 66.4 cm³/mol. The Bertz CT molecular complexity index is 159. The molecule has 0 heterocycles. The lowest BCUT2D eigenvalue weighted by Gasteiger charge is -1.98. The molecular formula is C14H25O. The lowest BCUT2D eigenvalue weighted by Crippen LogP contribution is -1.82. The molecular weight excluding hydrogens is 184 g/mol. The number of hydrogen-bond donors (Lipinski definition) is 0. The molecule has 0 aromatic carbocycles. The van der Waals surface area contributed by atoms with Gasteiger partial charge in [-0.3, -0.25) is 0 Å². The maximum Gasteiger partial charge on any atom is 0.0822 e. The average Bonchev–Trinajstić information content (AvgIpc) is 2.26. The van der Waals surface area contributed by atoms with E-state index in [0.717, 1.165) is 19.3 Å². The molecule has 0 rings (SSSR count). The van der Waals surface area contributed by atoms with Crippen LogP contribution >= 0.6 is 0 Å². The minimum atomic E-state index is 0.105. The monoisotopic (exact) mass is 209 g/mol. The van der Waals surface area contributed by atoms with E-state index < -0.39 is 0 Å². The van der Waals surface area contributed by atoms with Crippen LogP contribution in [0.4, 0.5) is 0 Å². The first-order valence-electron chi connectivity index (χ1n) is 6.26. The fraction of sp³-hybridized carbons (Fsp3) is 0.714. The zero-order valence-electron chi connectivity index (χ0n) is 10.1. The van der Waals surface area contributed by atoms with E-state index in [0.29, 0.717) is 0 Å². The number of unbranched alkanes of at least 4 members (excludes halogenated alkanes) is 6. The van der Waals surface area contributed by atoms with Crippen LogP contribution in [0.5, 0.6) is 0 Å². The van der Waals surface area contributed by atoms with Gasteiger partial charge in [0.2, 0.25) is 0 Å². The molecule has 0 bridgehead atoms. The Balaban J connectivity index is 3.01. The van der Waals surface area contributed by atoms with Crippen molar-refractivity contribution in [1.82, 2.24) is 0 Å². The van der Waals surface area contributed by atoms with Gasteiger partial charge in [-0.25, -0.2) is 5.11 Å². The van der Waals surface area contributed by atoms with Crippen LogP contribution in [-0.2, 0) is 5.11 Å². The Hall–Kier alpha value is -0.560. The van der Waals surface area contributed by atoms with E-state index in [-0.39, 0.29) is 6.61 Å². The van der Waals surface area contributed by atoms with Gasteiger partial charge in [-0.15, -0.1) is 0 Å². The largest absolute Gasteiger partial charge is 0.237 e. The van der Waals surface area contributed by atoms with Crippen molar-refractivity contribution in [3.05, 3.63) is 24.3 Å². The molecule has 0 atom stereocenters. The third kappa shape index (κ3) is 13.4. The summed E-state index contributed by atoms with van der Waals surface area (Å²) in [5.41, 5.74) is 0. The van der Waals surface area contributed by atoms with Gasteiger partial charge in [0.15, 0.2) is 0 Å². The van der Waals surface area contributed by atoms with Crippen LogP contribution in [0.15, 0.2) is 24.3 Å². The van der Waals surface area contributed by atoms with Crippen molar-refractivity contribution in [2.24, 2.45) is 0 Å². The molecule has 0 unspecified atom stereocenters. The van der Waals surface area contributed by atoms with Gasteiger partial charge in [-0.2, -0.15) is 0 Å². The van der Waals surface area contributed by atoms with Crippen molar-refractivity contribution in [1.29, 1.82) is 0 Å². The molecule has 1 radical (unpaired) electrons. The first-order valence-corrected chi connectivity index (χ1v) is 6.26. The molecule has 87 valence electrons. The number of rotatable bonds is 10. The quantitative estimate of drug-likeness (QED) is 0.368. The van der Waals surface area contributed by atoms with Crippen molar-refractivity contribution in [2.75, 3.05) is 6.61 Å². The molecule has 0 N–H and O–H groups in total. The topological polar surface area (TPSA) is 19.9 Å². The summed E-state index contributed by atoms with van der Waals surface area (Å²) in [6, 6.07) is 0. The summed E-state index contributed by atoms with van der Waals surface area (Å²) in [5.74, 6) is 0. The molecule has 0 aliphatic heterocycles. The number of hydrogen-bond acceptors (Lipinski definition) is 0. The van der Waals surface area contributed by atoms with Crippen LogP contribution in [-0.4, -0.2) is 6.61 Å². The average molecular weight is 209 g/mol. The van der Waals surface area contributed by atoms with Gasteiger partial charge in [0.25, 0.3) is 0 Å². The fourth-order valence-electron chi connectivity index (χ4n) is 1.50. The highest BCUT2D eigenvalue weighted by Gasteiger charge is 1.89. The van der Waals surface area contributed by atoms with Gasteiger partial charge in [-0.05, 0) is 32.6 Å². The van der Waals surface area contributed by atoms with Gasteiger partial charge in [0.05, 0.1) is 6.61 Å². The lowest BCUT2D eigenvalue weighted by molar-refractivity contribution is 0.186. The van der Waals surface area contributed by atoms with Crippen LogP contribution in [0.1, 0.15) is 58.3 Å². The summed E-state index contributed by atoms with van der Waals surface area (Å²) >= 11 is 0. The minimum absolute atomic E-state index is 0.105. The zero-order chi connectivity index (χ0) is 11.2. The normalized spacial score (nSPS) is 11.9. The molecule has 0 saturated carbocycles.